The van der Waals surface area contributed by atoms with Crippen LogP contribution in [0.4, 0.5) is 0 Å². The summed E-state index contributed by atoms with van der Waals surface area (Å²) in [4.78, 5) is 17.2. The van der Waals surface area contributed by atoms with Crippen molar-refractivity contribution in [1.29, 1.82) is 0 Å². The molecule has 0 spiro atoms. The van der Waals surface area contributed by atoms with E-state index in [1.54, 1.807) is 18.2 Å². The van der Waals surface area contributed by atoms with E-state index in [0.29, 0.717) is 16.9 Å². The molecular weight excluding hydrogens is 314 g/mol. The fraction of sp³-hybridized carbons (Fsp3) is 0.143. The van der Waals surface area contributed by atoms with Crippen LogP contribution < -0.4 is 4.74 Å². The molecule has 0 saturated heterocycles. The molecule has 2 aromatic carbocycles. The number of hydrogen-bond acceptors (Lipinski definition) is 4. The monoisotopic (exact) mass is 333 g/mol. The predicted molar refractivity (Wildman–Crippen MR) is 98.8 cm³/mol. The van der Waals surface area contributed by atoms with Crippen molar-refractivity contribution in [2.45, 2.75) is 13.5 Å². The Hall–Kier alpha value is -2.98. The van der Waals surface area contributed by atoms with Crippen LogP contribution in [-0.4, -0.2) is 23.0 Å². The number of ketones is 1. The fourth-order valence-corrected chi connectivity index (χ4v) is 2.81. The maximum Gasteiger partial charge on any atom is 0.189 e. The zero-order valence-corrected chi connectivity index (χ0v) is 14.2. The van der Waals surface area contributed by atoms with Gasteiger partial charge < -0.3 is 9.84 Å². The zero-order valence-electron chi connectivity index (χ0n) is 14.2. The number of aryl methyl sites for hydroxylation is 1. The third kappa shape index (κ3) is 3.59. The van der Waals surface area contributed by atoms with Crippen molar-refractivity contribution >= 4 is 22.8 Å². The normalized spacial score (nSPS) is 11.2. The van der Waals surface area contributed by atoms with Gasteiger partial charge in [-0.25, -0.2) is 4.98 Å². The molecule has 0 bridgehead atoms. The molecule has 0 amide bonds. The minimum Gasteiger partial charge on any atom is -0.496 e. The number of ether oxygens (including phenoxy) is 1. The van der Waals surface area contributed by atoms with E-state index in [-0.39, 0.29) is 12.4 Å². The minimum atomic E-state index is -0.159. The first-order valence-corrected chi connectivity index (χ1v) is 7.99. The van der Waals surface area contributed by atoms with Gasteiger partial charge in [-0.15, -0.1) is 0 Å². The van der Waals surface area contributed by atoms with Crippen molar-refractivity contribution < 1.29 is 14.6 Å². The molecule has 0 atom stereocenters. The van der Waals surface area contributed by atoms with Crippen LogP contribution in [0.5, 0.6) is 5.75 Å². The summed E-state index contributed by atoms with van der Waals surface area (Å²) in [6.07, 6.45) is 3.20. The second kappa shape index (κ2) is 7.28. The molecule has 0 fully saturated rings. The highest BCUT2D eigenvalue weighted by atomic mass is 16.5. The number of aromatic nitrogens is 1. The molecule has 1 aromatic heterocycles. The van der Waals surface area contributed by atoms with E-state index < -0.39 is 0 Å². The SMILES string of the molecule is COc1cc(CO)cc(C)c1C(=O)/C=C/c1ccc2ccccc2n1. The summed E-state index contributed by atoms with van der Waals surface area (Å²) in [6, 6.07) is 15.2. The molecule has 0 aliphatic carbocycles. The maximum absolute atomic E-state index is 12.6. The van der Waals surface area contributed by atoms with Gasteiger partial charge in [0, 0.05) is 5.39 Å². The number of methoxy groups -OCH3 is 1. The highest BCUT2D eigenvalue weighted by Crippen LogP contribution is 2.25. The van der Waals surface area contributed by atoms with Crippen molar-refractivity contribution in [3.05, 3.63) is 77.0 Å². The summed E-state index contributed by atoms with van der Waals surface area (Å²) in [5.41, 5.74) is 3.58. The van der Waals surface area contributed by atoms with Gasteiger partial charge in [-0.1, -0.05) is 30.3 Å². The second-order valence-electron chi connectivity index (χ2n) is 5.77. The van der Waals surface area contributed by atoms with Crippen LogP contribution in [-0.2, 0) is 6.61 Å². The van der Waals surface area contributed by atoms with Gasteiger partial charge in [-0.3, -0.25) is 4.79 Å². The molecule has 0 aliphatic rings. The molecular formula is C21H19NO3. The number of carbonyl (C=O) groups excluding carboxylic acids is 1. The number of carbonyl (C=O) groups is 1. The van der Waals surface area contributed by atoms with Crippen molar-refractivity contribution in [1.82, 2.24) is 4.98 Å². The number of para-hydroxylation sites is 1. The fourth-order valence-electron chi connectivity index (χ4n) is 2.81. The number of aliphatic hydroxyl groups excluding tert-OH is 1. The number of allylic oxidation sites excluding steroid dienone is 1. The average molecular weight is 333 g/mol. The molecule has 0 aliphatic heterocycles. The van der Waals surface area contributed by atoms with Gasteiger partial charge >= 0.3 is 0 Å². The van der Waals surface area contributed by atoms with Crippen LogP contribution >= 0.6 is 0 Å². The summed E-state index contributed by atoms with van der Waals surface area (Å²) in [5.74, 6) is 0.305. The van der Waals surface area contributed by atoms with Crippen molar-refractivity contribution in [3.63, 3.8) is 0 Å². The third-order valence-electron chi connectivity index (χ3n) is 4.03. The Balaban J connectivity index is 1.91. The quantitative estimate of drug-likeness (QED) is 0.567. The molecule has 0 unspecified atom stereocenters. The summed E-state index contributed by atoms with van der Waals surface area (Å²) in [7, 11) is 1.52. The lowest BCUT2D eigenvalue weighted by Crippen LogP contribution is -2.03. The lowest BCUT2D eigenvalue weighted by atomic mass is 10.00. The van der Waals surface area contributed by atoms with E-state index in [9.17, 15) is 9.90 Å². The minimum absolute atomic E-state index is 0.0947. The lowest BCUT2D eigenvalue weighted by molar-refractivity contribution is 0.104. The van der Waals surface area contributed by atoms with E-state index >= 15 is 0 Å². The Bertz CT molecular complexity index is 961. The lowest BCUT2D eigenvalue weighted by Gasteiger charge is -2.11. The summed E-state index contributed by atoms with van der Waals surface area (Å²) in [6.45, 7) is 1.74. The van der Waals surface area contributed by atoms with Crippen LogP contribution in [0.25, 0.3) is 17.0 Å². The summed E-state index contributed by atoms with van der Waals surface area (Å²) >= 11 is 0. The molecule has 4 nitrogen and oxygen atoms in total. The Morgan fingerprint density at radius 1 is 1.20 bits per heavy atom. The van der Waals surface area contributed by atoms with Crippen molar-refractivity contribution in [2.75, 3.05) is 7.11 Å². The van der Waals surface area contributed by atoms with E-state index in [1.807, 2.05) is 43.3 Å². The van der Waals surface area contributed by atoms with E-state index in [4.69, 9.17) is 4.74 Å². The van der Waals surface area contributed by atoms with Gasteiger partial charge in [0.05, 0.1) is 30.5 Å². The molecule has 3 aromatic rings. The van der Waals surface area contributed by atoms with Crippen LogP contribution in [0.3, 0.4) is 0 Å². The number of fused-ring (bicyclic) bond motifs is 1. The average Bonchev–Trinajstić information content (AvgIpc) is 2.65. The Morgan fingerprint density at radius 2 is 2.00 bits per heavy atom. The van der Waals surface area contributed by atoms with Crippen LogP contribution in [0.15, 0.2) is 54.6 Å². The molecule has 1 heterocycles. The van der Waals surface area contributed by atoms with Crippen LogP contribution in [0.2, 0.25) is 0 Å². The van der Waals surface area contributed by atoms with Gasteiger partial charge in [0.1, 0.15) is 5.75 Å². The Kier molecular flexibility index (Phi) is 4.91. The summed E-state index contributed by atoms with van der Waals surface area (Å²) < 4.78 is 5.32. The Labute approximate surface area is 146 Å². The van der Waals surface area contributed by atoms with Crippen molar-refractivity contribution in [3.8, 4) is 5.75 Å². The number of pyridine rings is 1. The highest BCUT2D eigenvalue weighted by Gasteiger charge is 2.14. The van der Waals surface area contributed by atoms with E-state index in [2.05, 4.69) is 4.98 Å². The maximum atomic E-state index is 12.6. The topological polar surface area (TPSA) is 59.4 Å². The first-order valence-electron chi connectivity index (χ1n) is 7.99. The molecule has 4 heteroatoms. The number of hydrogen-bond donors (Lipinski definition) is 1. The van der Waals surface area contributed by atoms with E-state index in [0.717, 1.165) is 22.2 Å². The molecule has 0 radical (unpaired) electrons. The molecule has 1 N–H and O–H groups in total. The van der Waals surface area contributed by atoms with Gasteiger partial charge in [-0.2, -0.15) is 0 Å². The standard InChI is InChI=1S/C21H19NO3/c1-14-11-15(13-23)12-20(25-2)21(14)19(24)10-9-17-8-7-16-5-3-4-6-18(16)22-17/h3-12,23H,13H2,1-2H3/b10-9+. The molecule has 3 rings (SSSR count). The third-order valence-corrected chi connectivity index (χ3v) is 4.03. The van der Waals surface area contributed by atoms with Crippen molar-refractivity contribution in [2.24, 2.45) is 0 Å². The highest BCUT2D eigenvalue weighted by molar-refractivity contribution is 6.09. The van der Waals surface area contributed by atoms with Gasteiger partial charge in [0.2, 0.25) is 0 Å². The van der Waals surface area contributed by atoms with Crippen LogP contribution in [0.1, 0.15) is 27.2 Å². The van der Waals surface area contributed by atoms with E-state index in [1.165, 1.54) is 13.2 Å². The zero-order chi connectivity index (χ0) is 17.8. The number of benzene rings is 2. The van der Waals surface area contributed by atoms with Gasteiger partial charge in [0.15, 0.2) is 5.78 Å². The Morgan fingerprint density at radius 3 is 2.76 bits per heavy atom. The predicted octanol–water partition coefficient (Wildman–Crippen LogP) is 3.94. The van der Waals surface area contributed by atoms with Gasteiger partial charge in [0.25, 0.3) is 0 Å². The number of nitrogens with zero attached hydrogens (tertiary/aromatic N) is 1. The van der Waals surface area contributed by atoms with Gasteiger partial charge in [-0.05, 0) is 48.4 Å². The first kappa shape index (κ1) is 16.9. The smallest absolute Gasteiger partial charge is 0.189 e. The number of aliphatic hydroxyl groups is 1. The summed E-state index contributed by atoms with van der Waals surface area (Å²) in [5, 5.41) is 10.3. The molecule has 126 valence electrons. The molecule has 25 heavy (non-hydrogen) atoms. The largest absolute Gasteiger partial charge is 0.496 e. The number of rotatable bonds is 5. The molecule has 0 saturated carbocycles. The second-order valence-corrected chi connectivity index (χ2v) is 5.77. The first-order chi connectivity index (χ1) is 12.1. The van der Waals surface area contributed by atoms with Crippen LogP contribution in [0, 0.1) is 6.92 Å².